The first-order chi connectivity index (χ1) is 9.35. The number of anilines is 1. The van der Waals surface area contributed by atoms with E-state index in [9.17, 15) is 9.59 Å². The summed E-state index contributed by atoms with van der Waals surface area (Å²) in [5.41, 5.74) is 6.67. The first-order valence-corrected chi connectivity index (χ1v) is 6.81. The van der Waals surface area contributed by atoms with Crippen molar-refractivity contribution in [3.63, 3.8) is 0 Å². The molecule has 0 bridgehead atoms. The molecule has 0 spiro atoms. The number of hydrogen-bond acceptors (Lipinski definition) is 3. The van der Waals surface area contributed by atoms with Gasteiger partial charge in [0.1, 0.15) is 0 Å². The van der Waals surface area contributed by atoms with Gasteiger partial charge in [-0.05, 0) is 30.5 Å². The van der Waals surface area contributed by atoms with E-state index in [1.54, 1.807) is 12.1 Å². The van der Waals surface area contributed by atoms with Gasteiger partial charge in [-0.1, -0.05) is 25.4 Å². The Bertz CT molecular complexity index is 503. The highest BCUT2D eigenvalue weighted by Crippen LogP contribution is 2.21. The van der Waals surface area contributed by atoms with Crippen LogP contribution in [0.2, 0.25) is 5.02 Å². The third-order valence-corrected chi connectivity index (χ3v) is 3.08. The summed E-state index contributed by atoms with van der Waals surface area (Å²) in [6.45, 7) is 4.00. The van der Waals surface area contributed by atoms with Gasteiger partial charge in [-0.15, -0.1) is 0 Å². The molecule has 0 aliphatic carbocycles. The van der Waals surface area contributed by atoms with Crippen molar-refractivity contribution in [3.05, 3.63) is 28.8 Å². The van der Waals surface area contributed by atoms with Crippen LogP contribution in [-0.4, -0.2) is 24.9 Å². The Morgan fingerprint density at radius 1 is 1.35 bits per heavy atom. The van der Waals surface area contributed by atoms with Crippen LogP contribution in [0.15, 0.2) is 18.2 Å². The Kier molecular flexibility index (Phi) is 5.98. The summed E-state index contributed by atoms with van der Waals surface area (Å²) >= 11 is 6.01. The number of benzene rings is 1. The van der Waals surface area contributed by atoms with E-state index in [4.69, 9.17) is 17.3 Å². The molecule has 0 fully saturated rings. The number of carbonyl (C=O) groups is 2. The van der Waals surface area contributed by atoms with Gasteiger partial charge in [-0.2, -0.15) is 0 Å². The molecule has 0 aliphatic rings. The molecular formula is C14H20ClN3O2. The molecule has 1 rings (SSSR count). The average Bonchev–Trinajstić information content (AvgIpc) is 2.37. The second-order valence-corrected chi connectivity index (χ2v) is 5.41. The fourth-order valence-corrected chi connectivity index (χ4v) is 2.03. The van der Waals surface area contributed by atoms with Gasteiger partial charge in [0.2, 0.25) is 5.91 Å². The third kappa shape index (κ3) is 4.51. The number of amides is 2. The average molecular weight is 298 g/mol. The number of nitrogens with two attached hydrogens (primary N) is 1. The van der Waals surface area contributed by atoms with Crippen LogP contribution in [0.25, 0.3) is 0 Å². The van der Waals surface area contributed by atoms with E-state index < -0.39 is 6.04 Å². The van der Waals surface area contributed by atoms with E-state index in [1.807, 2.05) is 13.8 Å². The zero-order chi connectivity index (χ0) is 15.3. The standard InChI is InChI=1S/C14H20ClN3O2/c1-8(2)6-12(16)14(20)18-9-4-5-10(11(15)7-9)13(19)17-3/h4-5,7-8,12H,6,16H2,1-3H3,(H,17,19)(H,18,20)/t12-/m0/s1. The Hall–Kier alpha value is -1.59. The molecule has 6 heteroatoms. The van der Waals surface area contributed by atoms with Crippen LogP contribution in [-0.2, 0) is 4.79 Å². The largest absolute Gasteiger partial charge is 0.355 e. The van der Waals surface area contributed by atoms with Crippen LogP contribution in [0.3, 0.4) is 0 Å². The van der Waals surface area contributed by atoms with Crippen molar-refractivity contribution in [3.8, 4) is 0 Å². The van der Waals surface area contributed by atoms with Gasteiger partial charge < -0.3 is 16.4 Å². The molecule has 0 aliphatic heterocycles. The highest BCUT2D eigenvalue weighted by atomic mass is 35.5. The molecule has 1 aromatic carbocycles. The van der Waals surface area contributed by atoms with E-state index in [1.165, 1.54) is 13.1 Å². The maximum absolute atomic E-state index is 11.9. The predicted octanol–water partition coefficient (Wildman–Crippen LogP) is 2.01. The molecule has 2 amide bonds. The molecule has 0 heterocycles. The highest BCUT2D eigenvalue weighted by Gasteiger charge is 2.16. The minimum atomic E-state index is -0.563. The van der Waals surface area contributed by atoms with Gasteiger partial charge in [-0.3, -0.25) is 9.59 Å². The molecule has 1 atom stereocenters. The van der Waals surface area contributed by atoms with E-state index >= 15 is 0 Å². The molecule has 5 nitrogen and oxygen atoms in total. The normalized spacial score (nSPS) is 12.1. The molecule has 1 aromatic rings. The first-order valence-electron chi connectivity index (χ1n) is 6.43. The summed E-state index contributed by atoms with van der Waals surface area (Å²) in [5, 5.41) is 5.46. The van der Waals surface area contributed by atoms with Crippen molar-refractivity contribution in [2.45, 2.75) is 26.3 Å². The van der Waals surface area contributed by atoms with Crippen LogP contribution in [0, 0.1) is 5.92 Å². The van der Waals surface area contributed by atoms with Gasteiger partial charge in [0.05, 0.1) is 16.6 Å². The molecule has 0 saturated heterocycles. The number of hydrogen-bond donors (Lipinski definition) is 3. The zero-order valence-corrected chi connectivity index (χ0v) is 12.6. The number of halogens is 1. The van der Waals surface area contributed by atoms with Crippen LogP contribution in [0.5, 0.6) is 0 Å². The SMILES string of the molecule is CNC(=O)c1ccc(NC(=O)[C@@H](N)CC(C)C)cc1Cl. The van der Waals surface area contributed by atoms with Crippen LogP contribution in [0.4, 0.5) is 5.69 Å². The van der Waals surface area contributed by atoms with Crippen LogP contribution in [0.1, 0.15) is 30.6 Å². The van der Waals surface area contributed by atoms with Gasteiger partial charge in [-0.25, -0.2) is 0 Å². The predicted molar refractivity (Wildman–Crippen MR) is 80.9 cm³/mol. The Balaban J connectivity index is 2.77. The first kappa shape index (κ1) is 16.5. The van der Waals surface area contributed by atoms with Crippen molar-refractivity contribution in [2.75, 3.05) is 12.4 Å². The minimum absolute atomic E-state index is 0.262. The summed E-state index contributed by atoms with van der Waals surface area (Å²) in [6.07, 6.45) is 0.607. The lowest BCUT2D eigenvalue weighted by Gasteiger charge is -2.14. The van der Waals surface area contributed by atoms with Crippen molar-refractivity contribution in [1.82, 2.24) is 5.32 Å². The van der Waals surface area contributed by atoms with Crippen LogP contribution >= 0.6 is 11.6 Å². The van der Waals surface area contributed by atoms with Crippen molar-refractivity contribution < 1.29 is 9.59 Å². The van der Waals surface area contributed by atoms with Gasteiger partial charge >= 0.3 is 0 Å². The van der Waals surface area contributed by atoms with Gasteiger partial charge in [0.15, 0.2) is 0 Å². The van der Waals surface area contributed by atoms with E-state index in [-0.39, 0.29) is 16.8 Å². The third-order valence-electron chi connectivity index (χ3n) is 2.77. The molecule has 0 radical (unpaired) electrons. The fraction of sp³-hybridized carbons (Fsp3) is 0.429. The summed E-state index contributed by atoms with van der Waals surface area (Å²) in [6, 6.07) is 4.15. The number of nitrogens with one attached hydrogen (secondary N) is 2. The summed E-state index contributed by atoms with van der Waals surface area (Å²) < 4.78 is 0. The number of rotatable bonds is 5. The van der Waals surface area contributed by atoms with Gasteiger partial charge in [0.25, 0.3) is 5.91 Å². The van der Waals surface area contributed by atoms with Gasteiger partial charge in [0, 0.05) is 12.7 Å². The summed E-state index contributed by atoms with van der Waals surface area (Å²) in [5.74, 6) is -0.193. The summed E-state index contributed by atoms with van der Waals surface area (Å²) in [4.78, 5) is 23.4. The van der Waals surface area contributed by atoms with E-state index in [2.05, 4.69) is 10.6 Å². The second-order valence-electron chi connectivity index (χ2n) is 5.00. The monoisotopic (exact) mass is 297 g/mol. The lowest BCUT2D eigenvalue weighted by molar-refractivity contribution is -0.117. The Morgan fingerprint density at radius 2 is 2.00 bits per heavy atom. The fourth-order valence-electron chi connectivity index (χ4n) is 1.76. The van der Waals surface area contributed by atoms with E-state index in [0.717, 1.165) is 0 Å². The van der Waals surface area contributed by atoms with Crippen molar-refractivity contribution >= 4 is 29.1 Å². The van der Waals surface area contributed by atoms with Crippen molar-refractivity contribution in [1.29, 1.82) is 0 Å². The lowest BCUT2D eigenvalue weighted by Crippen LogP contribution is -2.36. The maximum Gasteiger partial charge on any atom is 0.252 e. The molecule has 110 valence electrons. The molecule has 0 saturated carbocycles. The lowest BCUT2D eigenvalue weighted by atomic mass is 10.0. The topological polar surface area (TPSA) is 84.2 Å². The quantitative estimate of drug-likeness (QED) is 0.777. The Labute approximate surface area is 123 Å². The number of carbonyl (C=O) groups excluding carboxylic acids is 2. The molecular weight excluding hydrogens is 278 g/mol. The zero-order valence-electron chi connectivity index (χ0n) is 11.9. The maximum atomic E-state index is 11.9. The highest BCUT2D eigenvalue weighted by molar-refractivity contribution is 6.34. The van der Waals surface area contributed by atoms with E-state index in [0.29, 0.717) is 23.6 Å². The minimum Gasteiger partial charge on any atom is -0.355 e. The molecule has 0 unspecified atom stereocenters. The smallest absolute Gasteiger partial charge is 0.252 e. The summed E-state index contributed by atoms with van der Waals surface area (Å²) in [7, 11) is 1.53. The Morgan fingerprint density at radius 3 is 2.50 bits per heavy atom. The second kappa shape index (κ2) is 7.26. The molecule has 4 N–H and O–H groups in total. The molecule has 20 heavy (non-hydrogen) atoms. The van der Waals surface area contributed by atoms with Crippen molar-refractivity contribution in [2.24, 2.45) is 11.7 Å². The van der Waals surface area contributed by atoms with Crippen LogP contribution < -0.4 is 16.4 Å². The molecule has 0 aromatic heterocycles.